The molecule has 11 aromatic rings. The van der Waals surface area contributed by atoms with Gasteiger partial charge in [-0.15, -0.1) is 0 Å². The zero-order valence-corrected chi connectivity index (χ0v) is 32.7. The smallest absolute Gasteiger partial charge is 0.164 e. The van der Waals surface area contributed by atoms with Gasteiger partial charge in [-0.2, -0.15) is 0 Å². The quantitative estimate of drug-likeness (QED) is 0.168. The van der Waals surface area contributed by atoms with Crippen molar-refractivity contribution in [2.45, 2.75) is 19.3 Å². The monoisotopic (exact) mass is 751 g/mol. The molecule has 1 aromatic heterocycles. The van der Waals surface area contributed by atoms with E-state index in [1.807, 2.05) is 0 Å². The fraction of sp³-hybridized carbons (Fsp3) is 0.0536. The number of fused-ring (bicyclic) bond motifs is 10. The molecule has 0 saturated carbocycles. The Labute approximate surface area is 342 Å². The summed E-state index contributed by atoms with van der Waals surface area (Å²) in [6.07, 6.45) is 0. The van der Waals surface area contributed by atoms with Gasteiger partial charge in [0.2, 0.25) is 0 Å². The second-order valence-electron chi connectivity index (χ2n) is 16.4. The van der Waals surface area contributed by atoms with Crippen LogP contribution in [0.2, 0.25) is 0 Å². The molecule has 1 heterocycles. The summed E-state index contributed by atoms with van der Waals surface area (Å²) in [6, 6.07) is 67.9. The third kappa shape index (κ3) is 5.18. The molecule has 3 heteroatoms. The van der Waals surface area contributed by atoms with E-state index < -0.39 is 0 Å². The van der Waals surface area contributed by atoms with Crippen LogP contribution in [0, 0.1) is 0 Å². The molecule has 0 fully saturated rings. The van der Waals surface area contributed by atoms with Gasteiger partial charge < -0.3 is 0 Å². The molecule has 0 saturated heterocycles. The Bertz CT molecular complexity index is 3410. The molecule has 12 rings (SSSR count). The second kappa shape index (κ2) is 12.8. The number of nitrogens with zero attached hydrogens (tertiary/aromatic N) is 3. The first kappa shape index (κ1) is 33.6. The second-order valence-corrected chi connectivity index (χ2v) is 16.4. The van der Waals surface area contributed by atoms with Gasteiger partial charge in [0.15, 0.2) is 17.5 Å². The number of rotatable bonds is 4. The average molecular weight is 752 g/mol. The van der Waals surface area contributed by atoms with Gasteiger partial charge in [0.1, 0.15) is 0 Å². The largest absolute Gasteiger partial charge is 0.208 e. The van der Waals surface area contributed by atoms with Crippen LogP contribution in [-0.2, 0) is 5.41 Å². The molecule has 1 aliphatic carbocycles. The number of benzene rings is 10. The van der Waals surface area contributed by atoms with Crippen molar-refractivity contribution in [1.29, 1.82) is 0 Å². The van der Waals surface area contributed by atoms with Crippen molar-refractivity contribution in [2.24, 2.45) is 0 Å². The first-order chi connectivity index (χ1) is 29.0. The Hall–Kier alpha value is -7.49. The molecule has 3 nitrogen and oxygen atoms in total. The maximum atomic E-state index is 5.41. The van der Waals surface area contributed by atoms with Crippen molar-refractivity contribution in [3.8, 4) is 56.4 Å². The van der Waals surface area contributed by atoms with Crippen molar-refractivity contribution < 1.29 is 0 Å². The van der Waals surface area contributed by atoms with E-state index in [2.05, 4.69) is 202 Å². The number of hydrogen-bond acceptors (Lipinski definition) is 3. The van der Waals surface area contributed by atoms with Crippen molar-refractivity contribution in [3.63, 3.8) is 0 Å². The highest BCUT2D eigenvalue weighted by Gasteiger charge is 2.38. The lowest BCUT2D eigenvalue weighted by molar-refractivity contribution is 0.662. The van der Waals surface area contributed by atoms with Crippen LogP contribution in [-0.4, -0.2) is 15.0 Å². The minimum atomic E-state index is -0.212. The lowest BCUT2D eigenvalue weighted by atomic mass is 9.77. The summed E-state index contributed by atoms with van der Waals surface area (Å²) in [4.78, 5) is 16.1. The van der Waals surface area contributed by atoms with Crippen molar-refractivity contribution in [1.82, 2.24) is 15.0 Å². The van der Waals surface area contributed by atoms with Gasteiger partial charge in [-0.05, 0) is 99.9 Å². The molecule has 0 aliphatic heterocycles. The molecule has 0 spiro atoms. The van der Waals surface area contributed by atoms with Gasteiger partial charge in [0.25, 0.3) is 0 Å². The molecule has 10 aromatic carbocycles. The normalized spacial score (nSPS) is 13.1. The molecular formula is C56H37N3. The molecule has 0 radical (unpaired) electrons. The third-order valence-corrected chi connectivity index (χ3v) is 12.7. The van der Waals surface area contributed by atoms with E-state index >= 15 is 0 Å². The first-order valence-electron chi connectivity index (χ1n) is 20.4. The fourth-order valence-corrected chi connectivity index (χ4v) is 9.86. The third-order valence-electron chi connectivity index (χ3n) is 12.7. The summed E-state index contributed by atoms with van der Waals surface area (Å²) < 4.78 is 0. The van der Waals surface area contributed by atoms with E-state index in [0.29, 0.717) is 17.5 Å². The molecule has 0 unspecified atom stereocenters. The highest BCUT2D eigenvalue weighted by molar-refractivity contribution is 6.10. The van der Waals surface area contributed by atoms with Crippen LogP contribution < -0.4 is 0 Å². The minimum Gasteiger partial charge on any atom is -0.208 e. The maximum Gasteiger partial charge on any atom is 0.164 e. The first-order valence-corrected chi connectivity index (χ1v) is 20.4. The Morgan fingerprint density at radius 1 is 0.322 bits per heavy atom. The summed E-state index contributed by atoms with van der Waals surface area (Å²) in [5.74, 6) is 1.93. The topological polar surface area (TPSA) is 38.7 Å². The highest BCUT2D eigenvalue weighted by atomic mass is 15.0. The summed E-state index contributed by atoms with van der Waals surface area (Å²) in [7, 11) is 0. The zero-order valence-electron chi connectivity index (χ0n) is 32.7. The van der Waals surface area contributed by atoms with Crippen molar-refractivity contribution >= 4 is 53.9 Å². The molecule has 0 amide bonds. The van der Waals surface area contributed by atoms with E-state index in [1.54, 1.807) is 0 Å². The van der Waals surface area contributed by atoms with Crippen LogP contribution >= 0.6 is 0 Å². The van der Waals surface area contributed by atoms with Gasteiger partial charge in [0.05, 0.1) is 0 Å². The number of aromatic nitrogens is 3. The average Bonchev–Trinajstić information content (AvgIpc) is 3.54. The van der Waals surface area contributed by atoms with Gasteiger partial charge in [-0.1, -0.05) is 184 Å². The van der Waals surface area contributed by atoms with Crippen LogP contribution in [0.1, 0.15) is 25.0 Å². The van der Waals surface area contributed by atoms with Crippen LogP contribution in [0.15, 0.2) is 188 Å². The van der Waals surface area contributed by atoms with Gasteiger partial charge >= 0.3 is 0 Å². The zero-order chi connectivity index (χ0) is 39.2. The molecular weight excluding hydrogens is 715 g/mol. The lowest BCUT2D eigenvalue weighted by Crippen LogP contribution is -2.16. The predicted octanol–water partition coefficient (Wildman–Crippen LogP) is 14.6. The van der Waals surface area contributed by atoms with Crippen LogP contribution in [0.5, 0.6) is 0 Å². The van der Waals surface area contributed by atoms with Crippen LogP contribution in [0.3, 0.4) is 0 Å². The Balaban J connectivity index is 1.12. The Kier molecular flexibility index (Phi) is 7.27. The van der Waals surface area contributed by atoms with Crippen molar-refractivity contribution in [2.75, 3.05) is 0 Å². The summed E-state index contributed by atoms with van der Waals surface area (Å²) in [5, 5.41) is 12.0. The SMILES string of the molecule is CC1(C)c2ccccc2-c2cccc(-c3c(-c4nc(-c5ccc6c(ccc7ccccc76)c5)nc(-c5ccc6c(ccc7ccccc76)c5)n4)ccc4ccccc34)c21. The predicted molar refractivity (Wildman–Crippen MR) is 247 cm³/mol. The lowest BCUT2D eigenvalue weighted by Gasteiger charge is -2.26. The minimum absolute atomic E-state index is 0.212. The molecule has 59 heavy (non-hydrogen) atoms. The van der Waals surface area contributed by atoms with Gasteiger partial charge in [0, 0.05) is 27.7 Å². The highest BCUT2D eigenvalue weighted by Crippen LogP contribution is 2.54. The van der Waals surface area contributed by atoms with E-state index in [9.17, 15) is 0 Å². The fourth-order valence-electron chi connectivity index (χ4n) is 9.86. The van der Waals surface area contributed by atoms with Crippen LogP contribution in [0.25, 0.3) is 110 Å². The molecule has 0 bridgehead atoms. The Morgan fingerprint density at radius 2 is 0.780 bits per heavy atom. The maximum absolute atomic E-state index is 5.41. The number of hydrogen-bond donors (Lipinski definition) is 0. The molecule has 0 N–H and O–H groups in total. The molecule has 276 valence electrons. The molecule has 1 aliphatic rings. The van der Waals surface area contributed by atoms with Crippen LogP contribution in [0.4, 0.5) is 0 Å². The van der Waals surface area contributed by atoms with E-state index in [1.165, 1.54) is 70.9 Å². The van der Waals surface area contributed by atoms with Crippen molar-refractivity contribution in [3.05, 3.63) is 199 Å². The Morgan fingerprint density at radius 3 is 1.42 bits per heavy atom. The van der Waals surface area contributed by atoms with E-state index in [4.69, 9.17) is 15.0 Å². The van der Waals surface area contributed by atoms with Gasteiger partial charge in [-0.25, -0.2) is 15.0 Å². The van der Waals surface area contributed by atoms with E-state index in [-0.39, 0.29) is 5.41 Å². The van der Waals surface area contributed by atoms with Gasteiger partial charge in [-0.3, -0.25) is 0 Å². The van der Waals surface area contributed by atoms with E-state index in [0.717, 1.165) is 33.0 Å². The molecule has 0 atom stereocenters. The standard InChI is InChI=1S/C56H37N3/c1-56(2)50-21-10-9-18-46(50)47-19-11-20-48(52(47)56)51-45-17-8-5-14-36(45)26-31-49(51)55-58-53(39-27-29-43-37(32-39)24-22-34-12-3-6-15-41(34)43)57-54(59-55)40-28-30-44-38(33-40)25-23-35-13-4-7-16-42(35)44/h3-33H,1-2H3. The summed E-state index contributed by atoms with van der Waals surface area (Å²) >= 11 is 0. The summed E-state index contributed by atoms with van der Waals surface area (Å²) in [5.41, 5.74) is 10.3. The summed E-state index contributed by atoms with van der Waals surface area (Å²) in [6.45, 7) is 4.72.